The molecule has 1 heterocycles. The molecule has 1 aliphatic rings. The van der Waals surface area contributed by atoms with Crippen molar-refractivity contribution in [1.29, 1.82) is 0 Å². The Labute approximate surface area is 141 Å². The number of thioether (sulfide) groups is 2. The predicted molar refractivity (Wildman–Crippen MR) is 103 cm³/mol. The number of unbranched alkanes of at least 4 members (excludes halogenated alkanes) is 3. The highest BCUT2D eigenvalue weighted by molar-refractivity contribution is 8.13. The second-order valence-corrected chi connectivity index (χ2v) is 8.34. The summed E-state index contributed by atoms with van der Waals surface area (Å²) in [5.41, 5.74) is 0. The lowest BCUT2D eigenvalue weighted by Gasteiger charge is -2.25. The van der Waals surface area contributed by atoms with Gasteiger partial charge >= 0.3 is 0 Å². The van der Waals surface area contributed by atoms with Crippen molar-refractivity contribution in [3.8, 4) is 0 Å². The molecule has 0 aromatic rings. The van der Waals surface area contributed by atoms with Crippen LogP contribution < -0.4 is 0 Å². The van der Waals surface area contributed by atoms with Gasteiger partial charge in [-0.2, -0.15) is 0 Å². The molecule has 0 nitrogen and oxygen atoms in total. The van der Waals surface area contributed by atoms with Crippen LogP contribution in [0, 0.1) is 0 Å². The Balaban J connectivity index is 2.82. The van der Waals surface area contributed by atoms with Gasteiger partial charge in [0.25, 0.3) is 0 Å². The van der Waals surface area contributed by atoms with Gasteiger partial charge < -0.3 is 0 Å². The van der Waals surface area contributed by atoms with Crippen LogP contribution in [0.2, 0.25) is 0 Å². The van der Waals surface area contributed by atoms with Gasteiger partial charge in [0.1, 0.15) is 0 Å². The number of rotatable bonds is 11. The van der Waals surface area contributed by atoms with E-state index in [2.05, 4.69) is 51.2 Å². The zero-order chi connectivity index (χ0) is 15.5. The molecule has 0 bridgehead atoms. The minimum Gasteiger partial charge on any atom is -0.0973 e. The van der Waals surface area contributed by atoms with Crippen LogP contribution in [-0.4, -0.2) is 0 Å². The lowest BCUT2D eigenvalue weighted by molar-refractivity contribution is 0.779. The summed E-state index contributed by atoms with van der Waals surface area (Å²) in [4.78, 5) is 6.82. The predicted octanol–water partition coefficient (Wildman–Crippen LogP) is 8.26. The Morgan fingerprint density at radius 3 is 1.10 bits per heavy atom. The summed E-state index contributed by atoms with van der Waals surface area (Å²) in [5.74, 6) is 0. The van der Waals surface area contributed by atoms with Crippen molar-refractivity contribution >= 4 is 23.5 Å². The van der Waals surface area contributed by atoms with Gasteiger partial charge in [-0.05, 0) is 64.6 Å². The molecular weight excluding hydrogens is 292 g/mol. The van der Waals surface area contributed by atoms with Gasteiger partial charge in [0.15, 0.2) is 0 Å². The van der Waals surface area contributed by atoms with E-state index in [1.54, 1.807) is 19.6 Å². The van der Waals surface area contributed by atoms with Gasteiger partial charge in [-0.25, -0.2) is 0 Å². The SMILES string of the molecule is CCCCC1=C(CCC)SC(CCCC)=C(CCCC)S1. The maximum Gasteiger partial charge on any atom is -0.000683 e. The fourth-order valence-corrected chi connectivity index (χ4v) is 5.53. The maximum atomic E-state index is 2.32. The molecule has 21 heavy (non-hydrogen) atoms. The third-order valence-corrected chi connectivity index (χ3v) is 6.91. The highest BCUT2D eigenvalue weighted by Gasteiger charge is 2.20. The third-order valence-electron chi connectivity index (χ3n) is 3.86. The summed E-state index contributed by atoms with van der Waals surface area (Å²) in [6, 6.07) is 0. The van der Waals surface area contributed by atoms with Crippen LogP contribution in [0.5, 0.6) is 0 Å². The van der Waals surface area contributed by atoms with Gasteiger partial charge in [0, 0.05) is 0 Å². The van der Waals surface area contributed by atoms with E-state index >= 15 is 0 Å². The molecule has 0 aromatic heterocycles. The molecule has 0 N–H and O–H groups in total. The normalized spacial score (nSPS) is 16.0. The lowest BCUT2D eigenvalue weighted by Crippen LogP contribution is -1.98. The second kappa shape index (κ2) is 11.7. The fraction of sp³-hybridized carbons (Fsp3) is 0.789. The minimum atomic E-state index is 1.28. The van der Waals surface area contributed by atoms with Crippen LogP contribution in [0.1, 0.15) is 98.3 Å². The number of hydrogen-bond donors (Lipinski definition) is 0. The summed E-state index contributed by atoms with van der Waals surface area (Å²) in [5, 5.41) is 0. The zero-order valence-electron chi connectivity index (χ0n) is 14.6. The van der Waals surface area contributed by atoms with Crippen molar-refractivity contribution in [2.24, 2.45) is 0 Å². The number of hydrogen-bond acceptors (Lipinski definition) is 2. The summed E-state index contributed by atoms with van der Waals surface area (Å²) in [6.07, 6.45) is 14.5. The first-order valence-electron chi connectivity index (χ1n) is 9.06. The van der Waals surface area contributed by atoms with Crippen molar-refractivity contribution in [2.45, 2.75) is 98.3 Å². The molecule has 0 amide bonds. The third kappa shape index (κ3) is 6.86. The Bertz CT molecular complexity index is 353. The molecule has 0 radical (unpaired) electrons. The smallest absolute Gasteiger partial charge is 0.000683 e. The summed E-state index contributed by atoms with van der Waals surface area (Å²) >= 11 is 4.31. The van der Waals surface area contributed by atoms with Crippen LogP contribution in [-0.2, 0) is 0 Å². The molecule has 122 valence electrons. The topological polar surface area (TPSA) is 0 Å². The molecule has 0 saturated carbocycles. The monoisotopic (exact) mass is 326 g/mol. The van der Waals surface area contributed by atoms with E-state index in [-0.39, 0.29) is 0 Å². The van der Waals surface area contributed by atoms with Crippen LogP contribution in [0.4, 0.5) is 0 Å². The average molecular weight is 327 g/mol. The van der Waals surface area contributed by atoms with E-state index < -0.39 is 0 Å². The largest absolute Gasteiger partial charge is 0.0973 e. The van der Waals surface area contributed by atoms with Gasteiger partial charge in [-0.3, -0.25) is 0 Å². The number of allylic oxidation sites excluding steroid dienone is 4. The molecule has 0 saturated heterocycles. The van der Waals surface area contributed by atoms with E-state index in [1.165, 1.54) is 70.6 Å². The van der Waals surface area contributed by atoms with Gasteiger partial charge in [-0.1, -0.05) is 76.9 Å². The Morgan fingerprint density at radius 2 is 0.810 bits per heavy atom. The molecule has 2 heteroatoms. The zero-order valence-corrected chi connectivity index (χ0v) is 16.2. The highest BCUT2D eigenvalue weighted by atomic mass is 32.2. The van der Waals surface area contributed by atoms with E-state index in [4.69, 9.17) is 0 Å². The van der Waals surface area contributed by atoms with Gasteiger partial charge in [0.2, 0.25) is 0 Å². The minimum absolute atomic E-state index is 1.28. The summed E-state index contributed by atoms with van der Waals surface area (Å²) in [6.45, 7) is 9.24. The highest BCUT2D eigenvalue weighted by Crippen LogP contribution is 2.51. The summed E-state index contributed by atoms with van der Waals surface area (Å²) in [7, 11) is 0. The molecule has 0 fully saturated rings. The first kappa shape index (κ1) is 19.2. The quantitative estimate of drug-likeness (QED) is 0.375. The molecule has 0 aliphatic carbocycles. The van der Waals surface area contributed by atoms with Crippen molar-refractivity contribution in [1.82, 2.24) is 0 Å². The lowest BCUT2D eigenvalue weighted by atomic mass is 10.2. The average Bonchev–Trinajstić information content (AvgIpc) is 2.50. The molecule has 0 atom stereocenters. The standard InChI is InChI=1S/C19H34S2/c1-5-9-13-17-16(12-8-4)20-18(14-10-6-2)19(21-17)15-11-7-3/h5-15H2,1-4H3. The molecule has 0 aromatic carbocycles. The van der Waals surface area contributed by atoms with Crippen molar-refractivity contribution in [3.05, 3.63) is 19.6 Å². The van der Waals surface area contributed by atoms with E-state index in [1.807, 2.05) is 0 Å². The molecule has 1 rings (SSSR count). The van der Waals surface area contributed by atoms with Crippen molar-refractivity contribution in [3.63, 3.8) is 0 Å². The van der Waals surface area contributed by atoms with E-state index in [0.29, 0.717) is 0 Å². The Hall–Kier alpha value is 0.180. The molecule has 1 aliphatic heterocycles. The van der Waals surface area contributed by atoms with E-state index in [0.717, 1.165) is 0 Å². The van der Waals surface area contributed by atoms with Crippen molar-refractivity contribution in [2.75, 3.05) is 0 Å². The van der Waals surface area contributed by atoms with Crippen LogP contribution in [0.3, 0.4) is 0 Å². The second-order valence-electron chi connectivity index (χ2n) is 5.96. The molecule has 0 unspecified atom stereocenters. The van der Waals surface area contributed by atoms with Crippen molar-refractivity contribution < 1.29 is 0 Å². The van der Waals surface area contributed by atoms with Crippen LogP contribution in [0.25, 0.3) is 0 Å². The molecular formula is C19H34S2. The molecule has 0 spiro atoms. The van der Waals surface area contributed by atoms with E-state index in [9.17, 15) is 0 Å². The maximum absolute atomic E-state index is 2.32. The fourth-order valence-electron chi connectivity index (χ4n) is 2.53. The first-order chi connectivity index (χ1) is 10.3. The first-order valence-corrected chi connectivity index (χ1v) is 10.7. The van der Waals surface area contributed by atoms with Gasteiger partial charge in [-0.15, -0.1) is 0 Å². The van der Waals surface area contributed by atoms with Crippen LogP contribution >= 0.6 is 23.5 Å². The summed E-state index contributed by atoms with van der Waals surface area (Å²) < 4.78 is 0. The Morgan fingerprint density at radius 1 is 0.476 bits per heavy atom. The van der Waals surface area contributed by atoms with Crippen LogP contribution in [0.15, 0.2) is 19.6 Å². The van der Waals surface area contributed by atoms with Gasteiger partial charge in [0.05, 0.1) is 0 Å². The Kier molecular flexibility index (Phi) is 10.7.